The van der Waals surface area contributed by atoms with Crippen LogP contribution in [0.2, 0.25) is 0 Å². The maximum atomic E-state index is 5.51. The molecule has 0 aliphatic heterocycles. The second kappa shape index (κ2) is 4.93. The van der Waals surface area contributed by atoms with Gasteiger partial charge in [-0.1, -0.05) is 29.8 Å². The van der Waals surface area contributed by atoms with Gasteiger partial charge in [-0.2, -0.15) is 0 Å². The third-order valence-corrected chi connectivity index (χ3v) is 2.26. The molecule has 2 N–H and O–H groups in total. The maximum Gasteiger partial charge on any atom is 0.159 e. The largest absolute Gasteiger partial charge is 0.473 e. The SMILES string of the molecule is Cc1ccc(-c2ncc(OC(C)N)cn2)cc1. The lowest BCUT2D eigenvalue weighted by atomic mass is 10.1. The lowest BCUT2D eigenvalue weighted by molar-refractivity contribution is 0.228. The van der Waals surface area contributed by atoms with Gasteiger partial charge in [0.2, 0.25) is 0 Å². The number of aryl methyl sites for hydroxylation is 1. The van der Waals surface area contributed by atoms with Gasteiger partial charge in [-0.3, -0.25) is 5.73 Å². The van der Waals surface area contributed by atoms with Crippen molar-refractivity contribution in [2.24, 2.45) is 5.73 Å². The molecule has 0 aliphatic carbocycles. The first-order chi connectivity index (χ1) is 8.15. The number of nitrogens with zero attached hydrogens (tertiary/aromatic N) is 2. The van der Waals surface area contributed by atoms with Crippen LogP contribution in [0.5, 0.6) is 5.75 Å². The number of rotatable bonds is 3. The predicted molar refractivity (Wildman–Crippen MR) is 66.5 cm³/mol. The highest BCUT2D eigenvalue weighted by Gasteiger charge is 2.02. The Morgan fingerprint density at radius 3 is 2.24 bits per heavy atom. The molecule has 4 nitrogen and oxygen atoms in total. The van der Waals surface area contributed by atoms with Gasteiger partial charge >= 0.3 is 0 Å². The normalized spacial score (nSPS) is 12.2. The second-order valence-electron chi connectivity index (χ2n) is 3.93. The van der Waals surface area contributed by atoms with Crippen LogP contribution in [0.15, 0.2) is 36.7 Å². The van der Waals surface area contributed by atoms with E-state index in [0.717, 1.165) is 5.56 Å². The van der Waals surface area contributed by atoms with Crippen molar-refractivity contribution in [3.8, 4) is 17.1 Å². The summed E-state index contributed by atoms with van der Waals surface area (Å²) in [6.45, 7) is 3.80. The number of benzene rings is 1. The van der Waals surface area contributed by atoms with Crippen LogP contribution in [0.3, 0.4) is 0 Å². The lowest BCUT2D eigenvalue weighted by Gasteiger charge is -2.08. The van der Waals surface area contributed by atoms with Crippen LogP contribution < -0.4 is 10.5 Å². The molecule has 1 unspecified atom stereocenters. The predicted octanol–water partition coefficient (Wildman–Crippen LogP) is 2.14. The number of aromatic nitrogens is 2. The van der Waals surface area contributed by atoms with Gasteiger partial charge in [0.25, 0.3) is 0 Å². The molecule has 1 aromatic carbocycles. The van der Waals surface area contributed by atoms with E-state index in [1.54, 1.807) is 19.3 Å². The second-order valence-corrected chi connectivity index (χ2v) is 3.93. The zero-order chi connectivity index (χ0) is 12.3. The molecule has 17 heavy (non-hydrogen) atoms. The van der Waals surface area contributed by atoms with Crippen LogP contribution in [-0.2, 0) is 0 Å². The van der Waals surface area contributed by atoms with E-state index in [1.807, 2.05) is 31.2 Å². The molecule has 0 aliphatic rings. The quantitative estimate of drug-likeness (QED) is 0.819. The highest BCUT2D eigenvalue weighted by molar-refractivity contribution is 5.55. The van der Waals surface area contributed by atoms with Gasteiger partial charge in [0.1, 0.15) is 6.23 Å². The van der Waals surface area contributed by atoms with E-state index in [2.05, 4.69) is 9.97 Å². The van der Waals surface area contributed by atoms with Crippen LogP contribution in [0.25, 0.3) is 11.4 Å². The Balaban J connectivity index is 2.20. The smallest absolute Gasteiger partial charge is 0.159 e. The molecule has 88 valence electrons. The number of ether oxygens (including phenoxy) is 1. The first-order valence-electron chi connectivity index (χ1n) is 5.46. The summed E-state index contributed by atoms with van der Waals surface area (Å²) in [6, 6.07) is 8.06. The van der Waals surface area contributed by atoms with Gasteiger partial charge in [0.15, 0.2) is 11.6 Å². The van der Waals surface area contributed by atoms with Gasteiger partial charge in [-0.05, 0) is 13.8 Å². The molecule has 0 bridgehead atoms. The molecule has 0 amide bonds. The van der Waals surface area contributed by atoms with E-state index >= 15 is 0 Å². The summed E-state index contributed by atoms with van der Waals surface area (Å²) in [5.74, 6) is 1.26. The van der Waals surface area contributed by atoms with Crippen LogP contribution in [0.1, 0.15) is 12.5 Å². The number of nitrogens with two attached hydrogens (primary N) is 1. The highest BCUT2D eigenvalue weighted by Crippen LogP contribution is 2.17. The molecule has 0 spiro atoms. The van der Waals surface area contributed by atoms with Crippen LogP contribution >= 0.6 is 0 Å². The molecule has 1 heterocycles. The van der Waals surface area contributed by atoms with Gasteiger partial charge in [-0.25, -0.2) is 9.97 Å². The summed E-state index contributed by atoms with van der Waals surface area (Å²) in [7, 11) is 0. The minimum Gasteiger partial charge on any atom is -0.473 e. The lowest BCUT2D eigenvalue weighted by Crippen LogP contribution is -2.22. The minimum absolute atomic E-state index is 0.358. The maximum absolute atomic E-state index is 5.51. The Kier molecular flexibility index (Phi) is 3.35. The van der Waals surface area contributed by atoms with Crippen molar-refractivity contribution in [3.05, 3.63) is 42.2 Å². The molecule has 2 aromatic rings. The molecule has 2 rings (SSSR count). The number of hydrogen-bond acceptors (Lipinski definition) is 4. The molecule has 0 saturated carbocycles. The molecule has 0 saturated heterocycles. The third kappa shape index (κ3) is 3.01. The van der Waals surface area contributed by atoms with E-state index in [9.17, 15) is 0 Å². The van der Waals surface area contributed by atoms with E-state index in [0.29, 0.717) is 11.6 Å². The molecule has 4 heteroatoms. The van der Waals surface area contributed by atoms with E-state index in [-0.39, 0.29) is 6.23 Å². The average molecular weight is 229 g/mol. The fraction of sp³-hybridized carbons (Fsp3) is 0.231. The van der Waals surface area contributed by atoms with Crippen molar-refractivity contribution in [2.75, 3.05) is 0 Å². The van der Waals surface area contributed by atoms with E-state index < -0.39 is 0 Å². The van der Waals surface area contributed by atoms with Crippen molar-refractivity contribution < 1.29 is 4.74 Å². The highest BCUT2D eigenvalue weighted by atomic mass is 16.5. The summed E-state index contributed by atoms with van der Waals surface area (Å²) >= 11 is 0. The summed E-state index contributed by atoms with van der Waals surface area (Å²) < 4.78 is 5.28. The number of hydrogen-bond donors (Lipinski definition) is 1. The molecule has 1 aromatic heterocycles. The van der Waals surface area contributed by atoms with Gasteiger partial charge in [-0.15, -0.1) is 0 Å². The Morgan fingerprint density at radius 1 is 1.12 bits per heavy atom. The summed E-state index contributed by atoms with van der Waals surface area (Å²) in [4.78, 5) is 8.48. The van der Waals surface area contributed by atoms with E-state index in [4.69, 9.17) is 10.5 Å². The average Bonchev–Trinajstić information content (AvgIpc) is 2.30. The molecular formula is C13H15N3O. The van der Waals surface area contributed by atoms with Crippen LogP contribution in [-0.4, -0.2) is 16.2 Å². The van der Waals surface area contributed by atoms with E-state index in [1.165, 1.54) is 5.56 Å². The Hall–Kier alpha value is -1.94. The third-order valence-electron chi connectivity index (χ3n) is 2.26. The van der Waals surface area contributed by atoms with Crippen LogP contribution in [0, 0.1) is 6.92 Å². The molecule has 0 fully saturated rings. The van der Waals surface area contributed by atoms with Gasteiger partial charge in [0.05, 0.1) is 12.4 Å². The summed E-state index contributed by atoms with van der Waals surface area (Å²) in [5.41, 5.74) is 7.71. The van der Waals surface area contributed by atoms with Crippen molar-refractivity contribution >= 4 is 0 Å². The van der Waals surface area contributed by atoms with Gasteiger partial charge in [0, 0.05) is 5.56 Å². The fourth-order valence-electron chi connectivity index (χ4n) is 1.44. The van der Waals surface area contributed by atoms with Crippen molar-refractivity contribution in [2.45, 2.75) is 20.1 Å². The Labute approximate surface area is 100 Å². The monoisotopic (exact) mass is 229 g/mol. The molecule has 1 atom stereocenters. The minimum atomic E-state index is -0.358. The topological polar surface area (TPSA) is 61.0 Å². The molecular weight excluding hydrogens is 214 g/mol. The zero-order valence-electron chi connectivity index (χ0n) is 9.92. The van der Waals surface area contributed by atoms with Crippen molar-refractivity contribution in [1.29, 1.82) is 0 Å². The fourth-order valence-corrected chi connectivity index (χ4v) is 1.44. The first-order valence-corrected chi connectivity index (χ1v) is 5.46. The van der Waals surface area contributed by atoms with Crippen molar-refractivity contribution in [3.63, 3.8) is 0 Å². The van der Waals surface area contributed by atoms with Gasteiger partial charge < -0.3 is 4.74 Å². The first kappa shape index (κ1) is 11.5. The summed E-state index contributed by atoms with van der Waals surface area (Å²) in [5, 5.41) is 0. The Bertz CT molecular complexity index is 477. The Morgan fingerprint density at radius 2 is 1.71 bits per heavy atom. The standard InChI is InChI=1S/C13H15N3O/c1-9-3-5-11(6-4-9)13-15-7-12(8-16-13)17-10(2)14/h3-8,10H,14H2,1-2H3. The van der Waals surface area contributed by atoms with Crippen molar-refractivity contribution in [1.82, 2.24) is 9.97 Å². The summed E-state index contributed by atoms with van der Waals surface area (Å²) in [6.07, 6.45) is 2.90. The van der Waals surface area contributed by atoms with Crippen LogP contribution in [0.4, 0.5) is 0 Å². The zero-order valence-corrected chi connectivity index (χ0v) is 9.92. The molecule has 0 radical (unpaired) electrons.